The molecule has 0 bridgehead atoms. The predicted octanol–water partition coefficient (Wildman–Crippen LogP) is 3.57. The standard InChI is InChI=1S/C14H15O5P/c1-10-6-7-14(11(2)8-10)19-20(16,17)18-13-5-3-4-12(15)9-13/h3-9,15H,1-2H3,(H,16,17)/i4D,9D. The van der Waals surface area contributed by atoms with Crippen molar-refractivity contribution in [2.45, 2.75) is 13.8 Å². The average molecular weight is 296 g/mol. The van der Waals surface area contributed by atoms with E-state index in [1.54, 1.807) is 25.1 Å². The number of phosphoric ester groups is 1. The Bertz CT molecular complexity index is 763. The van der Waals surface area contributed by atoms with Gasteiger partial charge in [-0.15, -0.1) is 0 Å². The number of phenolic OH excluding ortho intramolecular Hbond substituents is 1. The minimum Gasteiger partial charge on any atom is -0.508 e. The quantitative estimate of drug-likeness (QED) is 0.843. The lowest BCUT2D eigenvalue weighted by atomic mass is 10.1. The van der Waals surface area contributed by atoms with Crippen molar-refractivity contribution in [2.75, 3.05) is 0 Å². The van der Waals surface area contributed by atoms with Crippen molar-refractivity contribution in [3.63, 3.8) is 0 Å². The fourth-order valence-corrected chi connectivity index (χ4v) is 2.46. The largest absolute Gasteiger partial charge is 0.584 e. The summed E-state index contributed by atoms with van der Waals surface area (Å²) in [4.78, 5) is 9.80. The van der Waals surface area contributed by atoms with Gasteiger partial charge in [-0.1, -0.05) is 23.8 Å². The maximum atomic E-state index is 12.0. The molecule has 0 radical (unpaired) electrons. The molecule has 6 heteroatoms. The van der Waals surface area contributed by atoms with Gasteiger partial charge >= 0.3 is 7.82 Å². The number of hydrogen-bond acceptors (Lipinski definition) is 4. The first-order valence-electron chi connectivity index (χ1n) is 6.78. The van der Waals surface area contributed by atoms with E-state index in [-0.39, 0.29) is 17.5 Å². The molecular weight excluding hydrogens is 279 g/mol. The van der Waals surface area contributed by atoms with Gasteiger partial charge in [-0.05, 0) is 37.6 Å². The van der Waals surface area contributed by atoms with Crippen molar-refractivity contribution >= 4 is 7.82 Å². The third kappa shape index (κ3) is 3.76. The zero-order chi connectivity index (χ0) is 16.5. The summed E-state index contributed by atoms with van der Waals surface area (Å²) >= 11 is 0. The Kier molecular flexibility index (Phi) is 3.29. The van der Waals surface area contributed by atoms with Gasteiger partial charge in [0.1, 0.15) is 17.2 Å². The van der Waals surface area contributed by atoms with Crippen LogP contribution in [0, 0.1) is 13.8 Å². The Hall–Kier alpha value is -1.97. The van der Waals surface area contributed by atoms with E-state index in [0.717, 1.165) is 17.7 Å². The topological polar surface area (TPSA) is 76.0 Å². The van der Waals surface area contributed by atoms with Crippen molar-refractivity contribution in [1.29, 1.82) is 0 Å². The molecule has 1 unspecified atom stereocenters. The highest BCUT2D eigenvalue weighted by atomic mass is 31.2. The summed E-state index contributed by atoms with van der Waals surface area (Å²) in [6.07, 6.45) is 0. The first-order valence-corrected chi connectivity index (χ1v) is 7.27. The Morgan fingerprint density at radius 3 is 2.70 bits per heavy atom. The Labute approximate surface area is 119 Å². The zero-order valence-corrected chi connectivity index (χ0v) is 11.8. The summed E-state index contributed by atoms with van der Waals surface area (Å²) in [5.74, 6) is -0.794. The summed E-state index contributed by atoms with van der Waals surface area (Å²) in [6.45, 7) is 3.60. The Morgan fingerprint density at radius 1 is 1.25 bits per heavy atom. The molecule has 2 N–H and O–H groups in total. The molecule has 0 amide bonds. The van der Waals surface area contributed by atoms with E-state index in [1.807, 2.05) is 6.92 Å². The molecule has 0 aromatic heterocycles. The SMILES string of the molecule is [2H]c1ccc(OP(=O)(O)Oc2ccc(C)cc2C)c([2H])c1O. The first-order chi connectivity index (χ1) is 10.2. The van der Waals surface area contributed by atoms with Gasteiger partial charge in [0.25, 0.3) is 0 Å². The van der Waals surface area contributed by atoms with Crippen molar-refractivity contribution in [3.05, 3.63) is 53.5 Å². The minimum atomic E-state index is -4.53. The monoisotopic (exact) mass is 296 g/mol. The molecule has 2 aromatic rings. The van der Waals surface area contributed by atoms with Crippen LogP contribution < -0.4 is 9.05 Å². The van der Waals surface area contributed by atoms with Crippen LogP contribution in [-0.4, -0.2) is 10.00 Å². The van der Waals surface area contributed by atoms with Gasteiger partial charge in [0.05, 0.1) is 2.74 Å². The third-order valence-corrected chi connectivity index (χ3v) is 3.31. The summed E-state index contributed by atoms with van der Waals surface area (Å²) in [7, 11) is -4.53. The molecule has 0 aliphatic carbocycles. The van der Waals surface area contributed by atoms with Gasteiger partial charge in [0.15, 0.2) is 0 Å². The van der Waals surface area contributed by atoms with Gasteiger partial charge in [-0.25, -0.2) is 4.57 Å². The van der Waals surface area contributed by atoms with Crippen LogP contribution in [0.15, 0.2) is 42.4 Å². The summed E-state index contributed by atoms with van der Waals surface area (Å²) in [6, 6.07) is 6.53. The second-order valence-corrected chi connectivity index (χ2v) is 5.54. The zero-order valence-electron chi connectivity index (χ0n) is 13.0. The van der Waals surface area contributed by atoms with Crippen molar-refractivity contribution in [3.8, 4) is 17.2 Å². The molecule has 106 valence electrons. The third-order valence-electron chi connectivity index (χ3n) is 2.45. The number of aromatic hydroxyl groups is 1. The predicted molar refractivity (Wildman–Crippen MR) is 75.1 cm³/mol. The van der Waals surface area contributed by atoms with Crippen LogP contribution in [0.2, 0.25) is 0 Å². The molecule has 5 nitrogen and oxygen atoms in total. The second kappa shape index (κ2) is 5.57. The lowest BCUT2D eigenvalue weighted by molar-refractivity contribution is 0.290. The fraction of sp³-hybridized carbons (Fsp3) is 0.143. The van der Waals surface area contributed by atoms with Crippen LogP contribution >= 0.6 is 7.82 Å². The van der Waals surface area contributed by atoms with Gasteiger partial charge < -0.3 is 14.2 Å². The highest BCUT2D eigenvalue weighted by molar-refractivity contribution is 7.48. The molecule has 1 atom stereocenters. The minimum absolute atomic E-state index is 0.185. The first kappa shape index (κ1) is 11.8. The molecule has 0 saturated heterocycles. The van der Waals surface area contributed by atoms with Crippen LogP contribution in [0.5, 0.6) is 17.2 Å². The summed E-state index contributed by atoms with van der Waals surface area (Å²) in [5, 5.41) is 9.48. The molecule has 0 heterocycles. The van der Waals surface area contributed by atoms with E-state index in [0.29, 0.717) is 5.56 Å². The van der Waals surface area contributed by atoms with Crippen molar-refractivity contribution in [1.82, 2.24) is 0 Å². The average Bonchev–Trinajstić information content (AvgIpc) is 2.43. The normalized spacial score (nSPS) is 14.9. The molecule has 0 aliphatic rings. The van der Waals surface area contributed by atoms with E-state index >= 15 is 0 Å². The molecule has 0 saturated carbocycles. The highest BCUT2D eigenvalue weighted by Gasteiger charge is 2.26. The van der Waals surface area contributed by atoms with Crippen LogP contribution in [0.25, 0.3) is 0 Å². The number of benzene rings is 2. The van der Waals surface area contributed by atoms with Crippen LogP contribution in [0.3, 0.4) is 0 Å². The number of hydrogen-bond donors (Lipinski definition) is 2. The molecule has 2 aromatic carbocycles. The number of aryl methyl sites for hydroxylation is 2. The van der Waals surface area contributed by atoms with E-state index in [2.05, 4.69) is 0 Å². The van der Waals surface area contributed by atoms with E-state index in [4.69, 9.17) is 11.8 Å². The van der Waals surface area contributed by atoms with Crippen LogP contribution in [-0.2, 0) is 4.57 Å². The number of phosphoric acid groups is 1. The molecule has 2 rings (SSSR count). The maximum absolute atomic E-state index is 12.0. The second-order valence-electron chi connectivity index (χ2n) is 4.24. The lowest BCUT2D eigenvalue weighted by Gasteiger charge is -2.15. The number of phenols is 1. The van der Waals surface area contributed by atoms with Crippen LogP contribution in [0.1, 0.15) is 13.9 Å². The van der Waals surface area contributed by atoms with Crippen LogP contribution in [0.4, 0.5) is 0 Å². The molecule has 0 spiro atoms. The van der Waals surface area contributed by atoms with E-state index in [9.17, 15) is 14.6 Å². The molecule has 0 fully saturated rings. The van der Waals surface area contributed by atoms with E-state index < -0.39 is 19.6 Å². The van der Waals surface area contributed by atoms with Crippen molar-refractivity contribution < 1.29 is 26.4 Å². The Balaban J connectivity index is 2.25. The summed E-state index contributed by atoms with van der Waals surface area (Å²) < 4.78 is 36.8. The molecular formula is C14H15O5P. The fourth-order valence-electron chi connectivity index (χ4n) is 1.61. The van der Waals surface area contributed by atoms with Crippen molar-refractivity contribution in [2.24, 2.45) is 0 Å². The van der Waals surface area contributed by atoms with Gasteiger partial charge in [0.2, 0.25) is 0 Å². The van der Waals surface area contributed by atoms with Gasteiger partial charge in [-0.2, -0.15) is 0 Å². The maximum Gasteiger partial charge on any atom is 0.584 e. The number of rotatable bonds is 4. The summed E-state index contributed by atoms with van der Waals surface area (Å²) in [5.41, 5.74) is 1.64. The molecule has 20 heavy (non-hydrogen) atoms. The Morgan fingerprint density at radius 2 is 2.00 bits per heavy atom. The van der Waals surface area contributed by atoms with Gasteiger partial charge in [0, 0.05) is 6.04 Å². The molecule has 0 aliphatic heterocycles. The van der Waals surface area contributed by atoms with E-state index in [1.165, 1.54) is 0 Å². The smallest absolute Gasteiger partial charge is 0.508 e. The lowest BCUT2D eigenvalue weighted by Crippen LogP contribution is -2.01. The highest BCUT2D eigenvalue weighted by Crippen LogP contribution is 2.45. The van der Waals surface area contributed by atoms with Gasteiger partial charge in [-0.3, -0.25) is 4.89 Å².